The number of pyridine rings is 2. The number of hydrogen-bond acceptors (Lipinski definition) is 4. The molecule has 0 radical (unpaired) electrons. The number of hydrogen-bond donors (Lipinski definition) is 1. The lowest BCUT2D eigenvalue weighted by Gasteiger charge is -2.18. The third-order valence-electron chi connectivity index (χ3n) is 3.41. The minimum absolute atomic E-state index is 0.172. The van der Waals surface area contributed by atoms with Gasteiger partial charge in [-0.3, -0.25) is 14.6 Å². The molecule has 6 nitrogen and oxygen atoms in total. The van der Waals surface area contributed by atoms with Gasteiger partial charge in [0.05, 0.1) is 12.2 Å². The third-order valence-corrected chi connectivity index (χ3v) is 3.41. The molecular weight excluding hydrogens is 292 g/mol. The second kappa shape index (κ2) is 8.03. The van der Waals surface area contributed by atoms with Gasteiger partial charge in [-0.2, -0.15) is 0 Å². The molecule has 0 unspecified atom stereocenters. The summed E-state index contributed by atoms with van der Waals surface area (Å²) in [4.78, 5) is 34.4. The zero-order valence-corrected chi connectivity index (χ0v) is 13.3. The van der Waals surface area contributed by atoms with Crippen molar-refractivity contribution in [1.82, 2.24) is 20.2 Å². The molecule has 0 aliphatic rings. The standard InChI is InChI=1S/C17H20N4O2/c1-3-21(4-2)17(23)15-10-7-9-14(20-15)16(22)19-12-13-8-5-6-11-18-13/h5-11H,3-4,12H2,1-2H3,(H,19,22). The molecule has 120 valence electrons. The molecule has 1 N–H and O–H groups in total. The molecule has 6 heteroatoms. The van der Waals surface area contributed by atoms with E-state index < -0.39 is 0 Å². The van der Waals surface area contributed by atoms with Crippen molar-refractivity contribution in [2.75, 3.05) is 13.1 Å². The van der Waals surface area contributed by atoms with Crippen LogP contribution in [0, 0.1) is 0 Å². The van der Waals surface area contributed by atoms with Crippen molar-refractivity contribution in [3.63, 3.8) is 0 Å². The highest BCUT2D eigenvalue weighted by atomic mass is 16.2. The molecule has 0 saturated carbocycles. The van der Waals surface area contributed by atoms with Gasteiger partial charge in [0, 0.05) is 19.3 Å². The predicted molar refractivity (Wildman–Crippen MR) is 86.9 cm³/mol. The van der Waals surface area contributed by atoms with Gasteiger partial charge in [-0.25, -0.2) is 4.98 Å². The summed E-state index contributed by atoms with van der Waals surface area (Å²) in [5.74, 6) is -0.501. The Labute approximate surface area is 135 Å². The Morgan fingerprint density at radius 3 is 2.43 bits per heavy atom. The first-order valence-corrected chi connectivity index (χ1v) is 7.60. The van der Waals surface area contributed by atoms with E-state index in [2.05, 4.69) is 15.3 Å². The van der Waals surface area contributed by atoms with Gasteiger partial charge >= 0.3 is 0 Å². The molecule has 0 aliphatic heterocycles. The number of carbonyl (C=O) groups excluding carboxylic acids is 2. The van der Waals surface area contributed by atoms with Crippen LogP contribution in [0.2, 0.25) is 0 Å². The van der Waals surface area contributed by atoms with Gasteiger partial charge in [-0.1, -0.05) is 12.1 Å². The first-order chi connectivity index (χ1) is 11.2. The zero-order valence-electron chi connectivity index (χ0n) is 13.3. The molecule has 2 heterocycles. The van der Waals surface area contributed by atoms with E-state index >= 15 is 0 Å². The molecule has 0 atom stereocenters. The summed E-state index contributed by atoms with van der Waals surface area (Å²) in [7, 11) is 0. The van der Waals surface area contributed by atoms with E-state index in [0.29, 0.717) is 19.6 Å². The lowest BCUT2D eigenvalue weighted by Crippen LogP contribution is -2.32. The van der Waals surface area contributed by atoms with Crippen LogP contribution in [0.4, 0.5) is 0 Å². The smallest absolute Gasteiger partial charge is 0.272 e. The lowest BCUT2D eigenvalue weighted by molar-refractivity contribution is 0.0767. The van der Waals surface area contributed by atoms with Crippen molar-refractivity contribution in [2.45, 2.75) is 20.4 Å². The predicted octanol–water partition coefficient (Wildman–Crippen LogP) is 1.89. The molecule has 23 heavy (non-hydrogen) atoms. The van der Waals surface area contributed by atoms with E-state index in [1.807, 2.05) is 32.0 Å². The number of aromatic nitrogens is 2. The topological polar surface area (TPSA) is 75.2 Å². The van der Waals surface area contributed by atoms with Crippen LogP contribution in [-0.4, -0.2) is 39.8 Å². The van der Waals surface area contributed by atoms with Crippen molar-refractivity contribution < 1.29 is 9.59 Å². The fourth-order valence-electron chi connectivity index (χ4n) is 2.12. The van der Waals surface area contributed by atoms with E-state index in [4.69, 9.17) is 0 Å². The van der Waals surface area contributed by atoms with E-state index in [1.54, 1.807) is 29.3 Å². The van der Waals surface area contributed by atoms with Gasteiger partial charge < -0.3 is 10.2 Å². The summed E-state index contributed by atoms with van der Waals surface area (Å²) in [6.07, 6.45) is 1.67. The van der Waals surface area contributed by atoms with Gasteiger partial charge in [0.2, 0.25) is 0 Å². The fraction of sp³-hybridized carbons (Fsp3) is 0.294. The zero-order chi connectivity index (χ0) is 16.7. The summed E-state index contributed by atoms with van der Waals surface area (Å²) in [6, 6.07) is 10.4. The van der Waals surface area contributed by atoms with E-state index in [0.717, 1.165) is 5.69 Å². The van der Waals surface area contributed by atoms with Crippen molar-refractivity contribution >= 4 is 11.8 Å². The molecular formula is C17H20N4O2. The largest absolute Gasteiger partial charge is 0.345 e. The Balaban J connectivity index is 2.06. The van der Waals surface area contributed by atoms with Crippen molar-refractivity contribution in [3.05, 3.63) is 59.7 Å². The molecule has 0 spiro atoms. The highest BCUT2D eigenvalue weighted by molar-refractivity contribution is 5.96. The van der Waals surface area contributed by atoms with E-state index in [1.165, 1.54) is 0 Å². The Kier molecular flexibility index (Phi) is 5.80. The van der Waals surface area contributed by atoms with Gasteiger partial charge in [0.25, 0.3) is 11.8 Å². The molecule has 2 amide bonds. The summed E-state index contributed by atoms with van der Waals surface area (Å²) in [6.45, 7) is 5.34. The minimum Gasteiger partial charge on any atom is -0.345 e. The Hall–Kier alpha value is -2.76. The maximum absolute atomic E-state index is 12.3. The van der Waals surface area contributed by atoms with Crippen LogP contribution in [0.25, 0.3) is 0 Å². The van der Waals surface area contributed by atoms with E-state index in [9.17, 15) is 9.59 Å². The summed E-state index contributed by atoms with van der Waals surface area (Å²) in [5.41, 5.74) is 1.26. The number of carbonyl (C=O) groups is 2. The average molecular weight is 312 g/mol. The van der Waals surface area contributed by atoms with Crippen LogP contribution in [0.15, 0.2) is 42.6 Å². The highest BCUT2D eigenvalue weighted by Gasteiger charge is 2.16. The minimum atomic E-state index is -0.329. The maximum atomic E-state index is 12.3. The van der Waals surface area contributed by atoms with Gasteiger partial charge in [0.15, 0.2) is 0 Å². The van der Waals surface area contributed by atoms with Crippen LogP contribution in [0.5, 0.6) is 0 Å². The van der Waals surface area contributed by atoms with Gasteiger partial charge in [0.1, 0.15) is 11.4 Å². The second-order valence-electron chi connectivity index (χ2n) is 4.89. The van der Waals surface area contributed by atoms with Crippen molar-refractivity contribution in [1.29, 1.82) is 0 Å². The molecule has 0 aromatic carbocycles. The SMILES string of the molecule is CCN(CC)C(=O)c1cccc(C(=O)NCc2ccccn2)n1. The summed E-state index contributed by atoms with van der Waals surface area (Å²) in [5, 5.41) is 2.75. The number of nitrogens with zero attached hydrogens (tertiary/aromatic N) is 3. The van der Waals surface area contributed by atoms with Crippen LogP contribution >= 0.6 is 0 Å². The molecule has 2 rings (SSSR count). The van der Waals surface area contributed by atoms with Crippen LogP contribution in [0.3, 0.4) is 0 Å². The average Bonchev–Trinajstić information content (AvgIpc) is 2.61. The van der Waals surface area contributed by atoms with Crippen LogP contribution in [0.1, 0.15) is 40.5 Å². The van der Waals surface area contributed by atoms with Gasteiger partial charge in [-0.15, -0.1) is 0 Å². The molecule has 0 fully saturated rings. The molecule has 2 aromatic rings. The van der Waals surface area contributed by atoms with Crippen molar-refractivity contribution in [3.8, 4) is 0 Å². The lowest BCUT2D eigenvalue weighted by atomic mass is 10.2. The first kappa shape index (κ1) is 16.6. The Bertz CT molecular complexity index is 669. The summed E-state index contributed by atoms with van der Waals surface area (Å²) < 4.78 is 0. The Morgan fingerprint density at radius 2 is 1.78 bits per heavy atom. The quantitative estimate of drug-likeness (QED) is 0.884. The number of amides is 2. The van der Waals surface area contributed by atoms with Crippen molar-refractivity contribution in [2.24, 2.45) is 0 Å². The van der Waals surface area contributed by atoms with Crippen LogP contribution in [-0.2, 0) is 6.54 Å². The maximum Gasteiger partial charge on any atom is 0.272 e. The monoisotopic (exact) mass is 312 g/mol. The summed E-state index contributed by atoms with van der Waals surface area (Å²) >= 11 is 0. The van der Waals surface area contributed by atoms with Gasteiger partial charge in [-0.05, 0) is 38.1 Å². The molecule has 0 saturated heterocycles. The fourth-order valence-corrected chi connectivity index (χ4v) is 2.12. The van der Waals surface area contributed by atoms with E-state index in [-0.39, 0.29) is 23.2 Å². The first-order valence-electron chi connectivity index (χ1n) is 7.60. The number of rotatable bonds is 6. The normalized spacial score (nSPS) is 10.2. The Morgan fingerprint density at radius 1 is 1.04 bits per heavy atom. The molecule has 2 aromatic heterocycles. The second-order valence-corrected chi connectivity index (χ2v) is 4.89. The highest BCUT2D eigenvalue weighted by Crippen LogP contribution is 2.05. The molecule has 0 bridgehead atoms. The number of nitrogens with one attached hydrogen (secondary N) is 1. The van der Waals surface area contributed by atoms with Crippen LogP contribution < -0.4 is 5.32 Å². The molecule has 0 aliphatic carbocycles. The third kappa shape index (κ3) is 4.35.